The normalized spacial score (nSPS) is 16.7. The number of amides is 1. The Balaban J connectivity index is 2.37. The molecule has 0 aliphatic carbocycles. The number of carbonyl (C=O) groups excluding carboxylic acids is 1. The molecular formula is C16H15NO7S2. The lowest BCUT2D eigenvalue weighted by Gasteiger charge is -2.21. The standard InChI is InChI=1S/C16H15NO7S2/c1-23-9-4-3-8(11(6-9)24-2)5-12-14(20)17(16(25)26-12)10(15(21)22)7-13(18)19/h3-6,10H,7H2,1-2H3,(H,18,19)(H,21,22)/b12-5+/t10-/m0/s1. The summed E-state index contributed by atoms with van der Waals surface area (Å²) in [7, 11) is 2.97. The molecule has 1 fully saturated rings. The zero-order valence-corrected chi connectivity index (χ0v) is 15.4. The van der Waals surface area contributed by atoms with E-state index in [0.29, 0.717) is 17.1 Å². The Morgan fingerprint density at radius 3 is 2.54 bits per heavy atom. The molecule has 1 aromatic rings. The van der Waals surface area contributed by atoms with Gasteiger partial charge in [-0.25, -0.2) is 4.79 Å². The molecule has 0 radical (unpaired) electrons. The molecule has 2 rings (SSSR count). The fraction of sp³-hybridized carbons (Fsp3) is 0.250. The maximum absolute atomic E-state index is 12.6. The van der Waals surface area contributed by atoms with Crippen molar-refractivity contribution in [1.29, 1.82) is 0 Å². The molecule has 0 bridgehead atoms. The number of benzene rings is 1. The topological polar surface area (TPSA) is 113 Å². The number of methoxy groups -OCH3 is 2. The Kier molecular flexibility index (Phi) is 6.22. The van der Waals surface area contributed by atoms with E-state index in [1.165, 1.54) is 20.3 Å². The summed E-state index contributed by atoms with van der Waals surface area (Å²) in [6.45, 7) is 0. The van der Waals surface area contributed by atoms with Crippen LogP contribution in [0.3, 0.4) is 0 Å². The zero-order chi connectivity index (χ0) is 19.4. The largest absolute Gasteiger partial charge is 0.497 e. The molecule has 1 heterocycles. The van der Waals surface area contributed by atoms with Crippen molar-refractivity contribution in [3.63, 3.8) is 0 Å². The van der Waals surface area contributed by atoms with Gasteiger partial charge in [-0.3, -0.25) is 14.5 Å². The predicted octanol–water partition coefficient (Wildman–Crippen LogP) is 1.83. The lowest BCUT2D eigenvalue weighted by Crippen LogP contribution is -2.45. The zero-order valence-electron chi connectivity index (χ0n) is 13.8. The Morgan fingerprint density at radius 2 is 2.00 bits per heavy atom. The molecular weight excluding hydrogens is 382 g/mol. The maximum Gasteiger partial charge on any atom is 0.327 e. The van der Waals surface area contributed by atoms with Gasteiger partial charge < -0.3 is 19.7 Å². The Morgan fingerprint density at radius 1 is 1.31 bits per heavy atom. The first-order valence-electron chi connectivity index (χ1n) is 7.22. The highest BCUT2D eigenvalue weighted by molar-refractivity contribution is 8.26. The summed E-state index contributed by atoms with van der Waals surface area (Å²) in [5.41, 5.74) is 0.568. The molecule has 26 heavy (non-hydrogen) atoms. The van der Waals surface area contributed by atoms with Crippen LogP contribution in [-0.2, 0) is 14.4 Å². The molecule has 1 aromatic carbocycles. The third-order valence-corrected chi connectivity index (χ3v) is 4.85. The molecule has 1 atom stereocenters. The number of carboxylic acids is 2. The van der Waals surface area contributed by atoms with Crippen LogP contribution in [0, 0.1) is 0 Å². The van der Waals surface area contributed by atoms with E-state index in [2.05, 4.69) is 0 Å². The third kappa shape index (κ3) is 4.14. The monoisotopic (exact) mass is 397 g/mol. The number of carbonyl (C=O) groups is 3. The second-order valence-electron chi connectivity index (χ2n) is 5.11. The predicted molar refractivity (Wildman–Crippen MR) is 98.2 cm³/mol. The van der Waals surface area contributed by atoms with Gasteiger partial charge in [-0.15, -0.1) is 0 Å². The highest BCUT2D eigenvalue weighted by Crippen LogP contribution is 2.36. The average molecular weight is 397 g/mol. The van der Waals surface area contributed by atoms with Gasteiger partial charge in [-0.1, -0.05) is 24.0 Å². The van der Waals surface area contributed by atoms with Crippen LogP contribution in [0.4, 0.5) is 0 Å². The summed E-state index contributed by atoms with van der Waals surface area (Å²) >= 11 is 5.98. The minimum atomic E-state index is -1.57. The van der Waals surface area contributed by atoms with Crippen molar-refractivity contribution < 1.29 is 34.1 Å². The van der Waals surface area contributed by atoms with E-state index >= 15 is 0 Å². The summed E-state index contributed by atoms with van der Waals surface area (Å²) in [6, 6.07) is 3.43. The van der Waals surface area contributed by atoms with Crippen LogP contribution < -0.4 is 9.47 Å². The molecule has 0 spiro atoms. The first-order valence-corrected chi connectivity index (χ1v) is 8.44. The van der Waals surface area contributed by atoms with E-state index in [1.807, 2.05) is 0 Å². The third-order valence-electron chi connectivity index (χ3n) is 3.52. The molecule has 8 nitrogen and oxygen atoms in total. The lowest BCUT2D eigenvalue weighted by molar-refractivity contribution is -0.150. The van der Waals surface area contributed by atoms with E-state index in [1.54, 1.807) is 18.2 Å². The van der Waals surface area contributed by atoms with Crippen molar-refractivity contribution in [3.8, 4) is 11.5 Å². The molecule has 1 aliphatic heterocycles. The summed E-state index contributed by atoms with van der Waals surface area (Å²) in [5, 5.41) is 18.1. The van der Waals surface area contributed by atoms with Crippen LogP contribution in [0.2, 0.25) is 0 Å². The summed E-state index contributed by atoms with van der Waals surface area (Å²) in [4.78, 5) is 35.9. The number of hydrogen-bond donors (Lipinski definition) is 2. The van der Waals surface area contributed by atoms with Crippen molar-refractivity contribution in [2.24, 2.45) is 0 Å². The van der Waals surface area contributed by atoms with Gasteiger partial charge in [0.1, 0.15) is 21.9 Å². The van der Waals surface area contributed by atoms with E-state index in [0.717, 1.165) is 16.7 Å². The second kappa shape index (κ2) is 8.19. The smallest absolute Gasteiger partial charge is 0.327 e. The molecule has 1 aliphatic rings. The van der Waals surface area contributed by atoms with Crippen LogP contribution in [0.25, 0.3) is 6.08 Å². The number of rotatable bonds is 7. The summed E-state index contributed by atoms with van der Waals surface area (Å²) in [6.07, 6.45) is 0.762. The fourth-order valence-corrected chi connectivity index (χ4v) is 3.63. The van der Waals surface area contributed by atoms with Crippen molar-refractivity contribution in [1.82, 2.24) is 4.90 Å². The number of thiocarbonyl (C=S) groups is 1. The number of ether oxygens (including phenoxy) is 2. The van der Waals surface area contributed by atoms with Crippen LogP contribution in [0.1, 0.15) is 12.0 Å². The molecule has 0 aromatic heterocycles. The molecule has 2 N–H and O–H groups in total. The average Bonchev–Trinajstić information content (AvgIpc) is 2.86. The van der Waals surface area contributed by atoms with Gasteiger partial charge in [0.2, 0.25) is 0 Å². The first kappa shape index (κ1) is 19.7. The fourth-order valence-electron chi connectivity index (χ4n) is 2.28. The maximum atomic E-state index is 12.6. The van der Waals surface area contributed by atoms with Gasteiger partial charge in [-0.05, 0) is 18.2 Å². The van der Waals surface area contributed by atoms with Crippen LogP contribution >= 0.6 is 24.0 Å². The van der Waals surface area contributed by atoms with Gasteiger partial charge in [0.25, 0.3) is 5.91 Å². The number of carboxylic acid groups (broad SMARTS) is 2. The van der Waals surface area contributed by atoms with Crippen molar-refractivity contribution in [3.05, 3.63) is 28.7 Å². The summed E-state index contributed by atoms with van der Waals surface area (Å²) < 4.78 is 10.4. The van der Waals surface area contributed by atoms with Gasteiger partial charge in [0.05, 0.1) is 25.5 Å². The quantitative estimate of drug-likeness (QED) is 0.525. The Hall–Kier alpha value is -2.59. The van der Waals surface area contributed by atoms with Crippen molar-refractivity contribution >= 4 is 52.2 Å². The molecule has 0 saturated carbocycles. The van der Waals surface area contributed by atoms with Crippen molar-refractivity contribution in [2.75, 3.05) is 14.2 Å². The van der Waals surface area contributed by atoms with Gasteiger partial charge in [0, 0.05) is 11.6 Å². The van der Waals surface area contributed by atoms with E-state index in [9.17, 15) is 19.5 Å². The number of hydrogen-bond acceptors (Lipinski definition) is 7. The highest BCUT2D eigenvalue weighted by Gasteiger charge is 2.41. The first-order chi connectivity index (χ1) is 12.3. The minimum Gasteiger partial charge on any atom is -0.497 e. The van der Waals surface area contributed by atoms with Crippen molar-refractivity contribution in [2.45, 2.75) is 12.5 Å². The number of thioether (sulfide) groups is 1. The van der Waals surface area contributed by atoms with E-state index in [-0.39, 0.29) is 9.23 Å². The Labute approximate surface area is 158 Å². The highest BCUT2D eigenvalue weighted by atomic mass is 32.2. The molecule has 138 valence electrons. The molecule has 1 amide bonds. The Bertz CT molecular complexity index is 806. The van der Waals surface area contributed by atoms with Crippen LogP contribution in [0.5, 0.6) is 11.5 Å². The number of aliphatic carboxylic acids is 2. The lowest BCUT2D eigenvalue weighted by atomic mass is 10.1. The minimum absolute atomic E-state index is 0.0117. The van der Waals surface area contributed by atoms with Gasteiger partial charge in [-0.2, -0.15) is 0 Å². The second-order valence-corrected chi connectivity index (χ2v) is 6.79. The van der Waals surface area contributed by atoms with E-state index in [4.69, 9.17) is 26.8 Å². The van der Waals surface area contributed by atoms with Gasteiger partial charge in [0.15, 0.2) is 0 Å². The van der Waals surface area contributed by atoms with E-state index < -0.39 is 30.3 Å². The molecule has 1 saturated heterocycles. The van der Waals surface area contributed by atoms with Crippen LogP contribution in [-0.4, -0.2) is 57.5 Å². The number of nitrogens with zero attached hydrogens (tertiary/aromatic N) is 1. The van der Waals surface area contributed by atoms with Crippen LogP contribution in [0.15, 0.2) is 23.1 Å². The molecule has 0 unspecified atom stereocenters. The molecule has 10 heteroatoms. The SMILES string of the molecule is COc1ccc(/C=C2/SC(=S)N([C@@H](CC(=O)O)C(=O)O)C2=O)c(OC)c1. The summed E-state index contributed by atoms with van der Waals surface area (Å²) in [5.74, 6) is -2.42. The van der Waals surface area contributed by atoms with Gasteiger partial charge >= 0.3 is 11.9 Å².